The van der Waals surface area contributed by atoms with Gasteiger partial charge in [-0.2, -0.15) is 0 Å². The molecule has 0 aliphatic rings. The fourth-order valence-corrected chi connectivity index (χ4v) is 2.28. The van der Waals surface area contributed by atoms with Gasteiger partial charge in [0.25, 0.3) is 5.82 Å². The normalized spacial score (nSPS) is 10.4. The van der Waals surface area contributed by atoms with Crippen molar-refractivity contribution in [3.8, 4) is 10.6 Å². The molecule has 0 aromatic carbocycles. The van der Waals surface area contributed by atoms with Crippen molar-refractivity contribution in [2.45, 2.75) is 19.4 Å². The molecular weight excluding hydrogens is 250 g/mol. The number of anilines is 1. The average Bonchev–Trinajstić information content (AvgIpc) is 2.84. The third-order valence-electron chi connectivity index (χ3n) is 2.47. The standard InChI is InChI=1S/C12H13N3O2S/c13-11-6-5-9(10-3-2-8-18-10)14-15(11)7-1-4-12(16)17/h2-3,5-6,8,13H,1,4,7H2,(H,16,17)/p+1. The number of nitrogens with two attached hydrogens (primary N) is 1. The molecule has 94 valence electrons. The van der Waals surface area contributed by atoms with Gasteiger partial charge in [-0.1, -0.05) is 11.2 Å². The lowest BCUT2D eigenvalue weighted by Crippen LogP contribution is -2.41. The second kappa shape index (κ2) is 5.59. The molecule has 0 aliphatic carbocycles. The predicted molar refractivity (Wildman–Crippen MR) is 69.0 cm³/mol. The van der Waals surface area contributed by atoms with Gasteiger partial charge in [-0.15, -0.1) is 16.0 Å². The predicted octanol–water partition coefficient (Wildman–Crippen LogP) is 1.54. The maximum Gasteiger partial charge on any atom is 0.303 e. The molecule has 0 unspecified atom stereocenters. The van der Waals surface area contributed by atoms with Crippen LogP contribution < -0.4 is 10.4 Å². The van der Waals surface area contributed by atoms with E-state index >= 15 is 0 Å². The van der Waals surface area contributed by atoms with E-state index in [4.69, 9.17) is 10.8 Å². The van der Waals surface area contributed by atoms with Gasteiger partial charge in [0.15, 0.2) is 0 Å². The molecule has 2 aromatic rings. The Hall–Kier alpha value is -1.95. The Bertz CT molecular complexity index is 540. The minimum atomic E-state index is -0.802. The fraction of sp³-hybridized carbons (Fsp3) is 0.250. The Labute approximate surface area is 109 Å². The average molecular weight is 264 g/mol. The van der Waals surface area contributed by atoms with E-state index in [0.29, 0.717) is 18.8 Å². The molecule has 0 amide bonds. The number of hydrogen-bond acceptors (Lipinski definition) is 4. The lowest BCUT2D eigenvalue weighted by Gasteiger charge is -2.02. The summed E-state index contributed by atoms with van der Waals surface area (Å²) in [4.78, 5) is 11.5. The van der Waals surface area contributed by atoms with Crippen molar-refractivity contribution in [2.75, 3.05) is 5.73 Å². The smallest absolute Gasteiger partial charge is 0.303 e. The molecular formula is C12H14N3O2S+. The third-order valence-corrected chi connectivity index (χ3v) is 3.37. The van der Waals surface area contributed by atoms with Crippen LogP contribution in [0.1, 0.15) is 12.8 Å². The summed E-state index contributed by atoms with van der Waals surface area (Å²) < 4.78 is 1.65. The zero-order chi connectivity index (χ0) is 13.0. The molecule has 0 radical (unpaired) electrons. The second-order valence-electron chi connectivity index (χ2n) is 3.84. The maximum atomic E-state index is 10.5. The van der Waals surface area contributed by atoms with Crippen molar-refractivity contribution < 1.29 is 14.6 Å². The third kappa shape index (κ3) is 3.04. The minimum absolute atomic E-state index is 0.122. The van der Waals surface area contributed by atoms with E-state index in [-0.39, 0.29) is 6.42 Å². The Kier molecular flexibility index (Phi) is 3.88. The molecule has 0 saturated carbocycles. The summed E-state index contributed by atoms with van der Waals surface area (Å²) in [5, 5.41) is 15.0. The molecule has 18 heavy (non-hydrogen) atoms. The van der Waals surface area contributed by atoms with Crippen LogP contribution in [0.4, 0.5) is 5.82 Å². The molecule has 2 aromatic heterocycles. The van der Waals surface area contributed by atoms with Crippen LogP contribution in [-0.4, -0.2) is 16.2 Å². The summed E-state index contributed by atoms with van der Waals surface area (Å²) in [5.74, 6) is -0.260. The molecule has 0 bridgehead atoms. The summed E-state index contributed by atoms with van der Waals surface area (Å²) in [6, 6.07) is 7.62. The molecule has 0 saturated heterocycles. The number of aliphatic carboxylic acids is 1. The van der Waals surface area contributed by atoms with Crippen LogP contribution in [0.2, 0.25) is 0 Å². The van der Waals surface area contributed by atoms with Crippen LogP contribution in [0.25, 0.3) is 10.6 Å². The van der Waals surface area contributed by atoms with Gasteiger partial charge in [-0.05, 0) is 23.9 Å². The van der Waals surface area contributed by atoms with E-state index in [1.165, 1.54) is 0 Å². The summed E-state index contributed by atoms with van der Waals surface area (Å²) in [7, 11) is 0. The summed E-state index contributed by atoms with van der Waals surface area (Å²) in [6.45, 7) is 0.511. The van der Waals surface area contributed by atoms with Gasteiger partial charge < -0.3 is 5.11 Å². The van der Waals surface area contributed by atoms with Gasteiger partial charge in [0.1, 0.15) is 12.2 Å². The lowest BCUT2D eigenvalue weighted by molar-refractivity contribution is -0.739. The Morgan fingerprint density at radius 1 is 1.44 bits per heavy atom. The highest BCUT2D eigenvalue weighted by Gasteiger charge is 2.10. The van der Waals surface area contributed by atoms with Gasteiger partial charge in [0.2, 0.25) is 0 Å². The van der Waals surface area contributed by atoms with Crippen molar-refractivity contribution >= 4 is 23.1 Å². The largest absolute Gasteiger partial charge is 0.481 e. The van der Waals surface area contributed by atoms with Crippen LogP contribution in [0.15, 0.2) is 29.6 Å². The summed E-state index contributed by atoms with van der Waals surface area (Å²) >= 11 is 1.61. The fourth-order valence-electron chi connectivity index (χ4n) is 1.59. The molecule has 0 aliphatic heterocycles. The number of nitrogen functional groups attached to an aromatic ring is 1. The van der Waals surface area contributed by atoms with E-state index in [1.54, 1.807) is 22.1 Å². The van der Waals surface area contributed by atoms with Crippen LogP contribution >= 0.6 is 11.3 Å². The number of carbonyl (C=O) groups is 1. The van der Waals surface area contributed by atoms with Crippen LogP contribution in [0, 0.1) is 0 Å². The van der Waals surface area contributed by atoms with Gasteiger partial charge in [-0.25, -0.2) is 0 Å². The van der Waals surface area contributed by atoms with Crippen LogP contribution in [-0.2, 0) is 11.3 Å². The molecule has 6 heteroatoms. The first-order valence-electron chi connectivity index (χ1n) is 5.59. The van der Waals surface area contributed by atoms with Gasteiger partial charge >= 0.3 is 5.97 Å². The summed E-state index contributed by atoms with van der Waals surface area (Å²) in [6.07, 6.45) is 0.641. The maximum absolute atomic E-state index is 10.5. The van der Waals surface area contributed by atoms with E-state index in [9.17, 15) is 4.79 Å². The van der Waals surface area contributed by atoms with Gasteiger partial charge in [-0.3, -0.25) is 10.5 Å². The zero-order valence-corrected chi connectivity index (χ0v) is 10.6. The first kappa shape index (κ1) is 12.5. The quantitative estimate of drug-likeness (QED) is 0.803. The number of aryl methyl sites for hydroxylation is 1. The topological polar surface area (TPSA) is 80.1 Å². The molecule has 2 rings (SSSR count). The van der Waals surface area contributed by atoms with Crippen molar-refractivity contribution in [2.24, 2.45) is 0 Å². The van der Waals surface area contributed by atoms with Crippen LogP contribution in [0.3, 0.4) is 0 Å². The van der Waals surface area contributed by atoms with Gasteiger partial charge in [0.05, 0.1) is 4.88 Å². The van der Waals surface area contributed by atoms with Crippen molar-refractivity contribution in [1.29, 1.82) is 0 Å². The Balaban J connectivity index is 2.14. The lowest BCUT2D eigenvalue weighted by atomic mass is 10.3. The van der Waals surface area contributed by atoms with E-state index in [1.807, 2.05) is 23.6 Å². The van der Waals surface area contributed by atoms with Crippen molar-refractivity contribution in [3.63, 3.8) is 0 Å². The highest BCUT2D eigenvalue weighted by atomic mass is 32.1. The highest BCUT2D eigenvalue weighted by Crippen LogP contribution is 2.21. The Morgan fingerprint density at radius 3 is 2.94 bits per heavy atom. The first-order chi connectivity index (χ1) is 8.66. The van der Waals surface area contributed by atoms with Gasteiger partial charge in [0, 0.05) is 12.5 Å². The Morgan fingerprint density at radius 2 is 2.28 bits per heavy atom. The molecule has 3 N–H and O–H groups in total. The summed E-state index contributed by atoms with van der Waals surface area (Å²) in [5.41, 5.74) is 6.67. The van der Waals surface area contributed by atoms with Crippen LogP contribution in [0.5, 0.6) is 0 Å². The van der Waals surface area contributed by atoms with Crippen molar-refractivity contribution in [1.82, 2.24) is 5.10 Å². The molecule has 2 heterocycles. The first-order valence-corrected chi connectivity index (χ1v) is 6.47. The number of rotatable bonds is 5. The molecule has 0 spiro atoms. The molecule has 0 fully saturated rings. The van der Waals surface area contributed by atoms with Crippen molar-refractivity contribution in [3.05, 3.63) is 29.6 Å². The number of nitrogens with zero attached hydrogens (tertiary/aromatic N) is 2. The number of aromatic nitrogens is 2. The number of carboxylic acid groups (broad SMARTS) is 1. The molecule has 5 nitrogen and oxygen atoms in total. The molecule has 0 atom stereocenters. The second-order valence-corrected chi connectivity index (χ2v) is 4.79. The zero-order valence-electron chi connectivity index (χ0n) is 9.74. The van der Waals surface area contributed by atoms with E-state index in [2.05, 4.69) is 5.10 Å². The highest BCUT2D eigenvalue weighted by molar-refractivity contribution is 7.13. The number of carboxylic acids is 1. The number of thiophene rings is 1. The number of hydrogen-bond donors (Lipinski definition) is 2. The monoisotopic (exact) mass is 264 g/mol. The van der Waals surface area contributed by atoms with E-state index < -0.39 is 5.97 Å². The minimum Gasteiger partial charge on any atom is -0.481 e. The van der Waals surface area contributed by atoms with E-state index in [0.717, 1.165) is 10.6 Å². The SMILES string of the molecule is Nc1ccc(-c2cccs2)n[n+]1CCCC(=O)O.